The number of hydrogen-bond donors (Lipinski definition) is 1. The zero-order valence-corrected chi connectivity index (χ0v) is 16.9. The van der Waals surface area contributed by atoms with Crippen LogP contribution in [0.5, 0.6) is 0 Å². The highest BCUT2D eigenvalue weighted by molar-refractivity contribution is 6.29. The van der Waals surface area contributed by atoms with Crippen LogP contribution in [-0.2, 0) is 11.3 Å². The number of ether oxygens (including phenoxy) is 1. The number of nitrogens with zero attached hydrogens (tertiary/aromatic N) is 5. The molecule has 0 aromatic carbocycles. The molecule has 4 heterocycles. The van der Waals surface area contributed by atoms with Gasteiger partial charge in [0.05, 0.1) is 31.1 Å². The average Bonchev–Trinajstić information content (AvgIpc) is 2.64. The molecule has 9 heteroatoms. The van der Waals surface area contributed by atoms with Crippen molar-refractivity contribution in [2.75, 3.05) is 43.1 Å². The van der Waals surface area contributed by atoms with Crippen LogP contribution in [0.1, 0.15) is 13.8 Å². The molecule has 2 aromatic rings. The van der Waals surface area contributed by atoms with E-state index in [0.717, 1.165) is 38.5 Å². The molecule has 0 spiro atoms. The second-order valence-corrected chi connectivity index (χ2v) is 7.64. The van der Waals surface area contributed by atoms with E-state index in [1.807, 2.05) is 25.3 Å². The van der Waals surface area contributed by atoms with E-state index in [9.17, 15) is 4.79 Å². The van der Waals surface area contributed by atoms with Gasteiger partial charge in [0.1, 0.15) is 11.5 Å². The van der Waals surface area contributed by atoms with Gasteiger partial charge in [-0.05, 0) is 26.0 Å². The monoisotopic (exact) mass is 404 g/mol. The van der Waals surface area contributed by atoms with Crippen LogP contribution in [0.3, 0.4) is 0 Å². The predicted octanol–water partition coefficient (Wildman–Crippen LogP) is 1.96. The number of hydrogen-bond acceptors (Lipinski definition) is 7. The second kappa shape index (κ2) is 8.06. The van der Waals surface area contributed by atoms with Gasteiger partial charge in [-0.2, -0.15) is 5.10 Å². The largest absolute Gasteiger partial charge is 0.378 e. The Morgan fingerprint density at radius 1 is 1.32 bits per heavy atom. The summed E-state index contributed by atoms with van der Waals surface area (Å²) < 4.78 is 6.65. The lowest BCUT2D eigenvalue weighted by atomic mass is 10.1. The van der Waals surface area contributed by atoms with E-state index in [0.29, 0.717) is 30.1 Å². The first-order chi connectivity index (χ1) is 13.5. The highest BCUT2D eigenvalue weighted by Crippen LogP contribution is 2.24. The van der Waals surface area contributed by atoms with Crippen molar-refractivity contribution >= 4 is 28.8 Å². The number of nitrogens with one attached hydrogen (secondary N) is 1. The third kappa shape index (κ3) is 3.85. The predicted molar refractivity (Wildman–Crippen MR) is 110 cm³/mol. The van der Waals surface area contributed by atoms with Gasteiger partial charge >= 0.3 is 0 Å². The summed E-state index contributed by atoms with van der Waals surface area (Å²) >= 11 is 6.01. The van der Waals surface area contributed by atoms with Gasteiger partial charge in [-0.3, -0.25) is 9.69 Å². The zero-order chi connectivity index (χ0) is 19.7. The molecule has 2 fully saturated rings. The van der Waals surface area contributed by atoms with Gasteiger partial charge in [-0.1, -0.05) is 11.6 Å². The molecule has 2 aromatic heterocycles. The van der Waals surface area contributed by atoms with Crippen molar-refractivity contribution < 1.29 is 4.74 Å². The average molecular weight is 405 g/mol. The minimum absolute atomic E-state index is 0.220. The van der Waals surface area contributed by atoms with Crippen molar-refractivity contribution in [1.29, 1.82) is 0 Å². The fourth-order valence-electron chi connectivity index (χ4n) is 3.72. The van der Waals surface area contributed by atoms with E-state index in [2.05, 4.69) is 32.1 Å². The van der Waals surface area contributed by atoms with Gasteiger partial charge in [0, 0.05) is 38.3 Å². The highest BCUT2D eigenvalue weighted by atomic mass is 35.5. The fourth-order valence-corrected chi connectivity index (χ4v) is 3.92. The Labute approximate surface area is 169 Å². The third-order valence-corrected chi connectivity index (χ3v) is 5.57. The Balaban J connectivity index is 1.44. The summed E-state index contributed by atoms with van der Waals surface area (Å²) in [6.45, 7) is 9.28. The van der Waals surface area contributed by atoms with Crippen molar-refractivity contribution in [3.8, 4) is 0 Å². The molecule has 8 nitrogen and oxygen atoms in total. The van der Waals surface area contributed by atoms with Crippen LogP contribution in [0.25, 0.3) is 0 Å². The van der Waals surface area contributed by atoms with Gasteiger partial charge in [-0.25, -0.2) is 9.67 Å². The van der Waals surface area contributed by atoms with Crippen LogP contribution in [0, 0.1) is 0 Å². The number of halogens is 1. The molecule has 1 N–H and O–H groups in total. The lowest BCUT2D eigenvalue weighted by Crippen LogP contribution is -2.59. The smallest absolute Gasteiger partial charge is 0.290 e. The minimum Gasteiger partial charge on any atom is -0.378 e. The van der Waals surface area contributed by atoms with Crippen LogP contribution >= 0.6 is 11.6 Å². The van der Waals surface area contributed by atoms with E-state index in [1.54, 1.807) is 0 Å². The molecule has 1 unspecified atom stereocenters. The molecule has 2 aliphatic rings. The van der Waals surface area contributed by atoms with Crippen LogP contribution < -0.4 is 15.8 Å². The van der Waals surface area contributed by atoms with Crippen molar-refractivity contribution in [2.24, 2.45) is 0 Å². The molecular formula is C19H25ClN6O2. The van der Waals surface area contributed by atoms with Crippen molar-refractivity contribution in [3.05, 3.63) is 39.9 Å². The lowest BCUT2D eigenvalue weighted by Gasteiger charge is -2.46. The molecule has 0 radical (unpaired) electrons. The first kappa shape index (κ1) is 19.2. The maximum Gasteiger partial charge on any atom is 0.290 e. The van der Waals surface area contributed by atoms with E-state index in [1.165, 1.54) is 10.7 Å². The summed E-state index contributed by atoms with van der Waals surface area (Å²) in [6.07, 6.45) is 1.85. The molecule has 150 valence electrons. The SMILES string of the molecule is CCn1nc(Cl)cc(Nc2ccc(N3CCN(C4COC4)CC3C)cn2)c1=O. The number of aryl methyl sites for hydroxylation is 1. The number of anilines is 3. The molecule has 0 amide bonds. The maximum absolute atomic E-state index is 12.4. The van der Waals surface area contributed by atoms with Crippen LogP contribution in [0.2, 0.25) is 5.15 Å². The molecule has 0 saturated carbocycles. The molecule has 1 atom stereocenters. The van der Waals surface area contributed by atoms with Crippen molar-refractivity contribution in [3.63, 3.8) is 0 Å². The second-order valence-electron chi connectivity index (χ2n) is 7.26. The topological polar surface area (TPSA) is 75.5 Å². The van der Waals surface area contributed by atoms with Gasteiger partial charge in [0.2, 0.25) is 0 Å². The van der Waals surface area contributed by atoms with Crippen molar-refractivity contribution in [1.82, 2.24) is 19.7 Å². The van der Waals surface area contributed by atoms with E-state index in [-0.39, 0.29) is 10.7 Å². The summed E-state index contributed by atoms with van der Waals surface area (Å²) in [6, 6.07) is 6.43. The summed E-state index contributed by atoms with van der Waals surface area (Å²) in [7, 11) is 0. The van der Waals surface area contributed by atoms with Gasteiger partial charge in [0.15, 0.2) is 5.15 Å². The molecule has 0 aliphatic carbocycles. The molecule has 28 heavy (non-hydrogen) atoms. The standard InChI is InChI=1S/C19H25ClN6O2/c1-3-26-19(27)16(8-17(20)23-26)22-18-5-4-14(9-21-18)25-7-6-24(10-13(25)2)15-11-28-12-15/h4-5,8-9,13,15H,3,6-7,10-12H2,1-2H3,(H,21,22). The Hall–Kier alpha value is -2.16. The van der Waals surface area contributed by atoms with E-state index >= 15 is 0 Å². The molecule has 4 rings (SSSR count). The van der Waals surface area contributed by atoms with Crippen LogP contribution in [-0.4, -0.2) is 64.6 Å². The number of aromatic nitrogens is 3. The third-order valence-electron chi connectivity index (χ3n) is 5.38. The van der Waals surface area contributed by atoms with Crippen molar-refractivity contribution in [2.45, 2.75) is 32.5 Å². The Morgan fingerprint density at radius 3 is 2.75 bits per heavy atom. The fraction of sp³-hybridized carbons (Fsp3) is 0.526. The van der Waals surface area contributed by atoms with E-state index < -0.39 is 0 Å². The minimum atomic E-state index is -0.220. The quantitative estimate of drug-likeness (QED) is 0.816. The Morgan fingerprint density at radius 2 is 2.14 bits per heavy atom. The van der Waals surface area contributed by atoms with Gasteiger partial charge in [0.25, 0.3) is 5.56 Å². The zero-order valence-electron chi connectivity index (χ0n) is 16.1. The first-order valence-electron chi connectivity index (χ1n) is 9.64. The van der Waals surface area contributed by atoms with Crippen LogP contribution in [0.4, 0.5) is 17.2 Å². The molecule has 2 saturated heterocycles. The maximum atomic E-state index is 12.4. The van der Waals surface area contributed by atoms with Crippen LogP contribution in [0.15, 0.2) is 29.2 Å². The number of pyridine rings is 1. The Bertz CT molecular complexity index is 883. The summed E-state index contributed by atoms with van der Waals surface area (Å²) in [5.41, 5.74) is 1.23. The highest BCUT2D eigenvalue weighted by Gasteiger charge is 2.32. The molecular weight excluding hydrogens is 380 g/mol. The normalized spacial score (nSPS) is 20.8. The number of piperazine rings is 1. The molecule has 2 aliphatic heterocycles. The first-order valence-corrected chi connectivity index (χ1v) is 10.0. The Kier molecular flexibility index (Phi) is 5.52. The molecule has 0 bridgehead atoms. The van der Waals surface area contributed by atoms with E-state index in [4.69, 9.17) is 16.3 Å². The summed E-state index contributed by atoms with van der Waals surface area (Å²) in [5.74, 6) is 0.601. The van der Waals surface area contributed by atoms with Gasteiger partial charge < -0.3 is 15.0 Å². The number of rotatable bonds is 5. The summed E-state index contributed by atoms with van der Waals surface area (Å²) in [4.78, 5) is 21.7. The van der Waals surface area contributed by atoms with Gasteiger partial charge in [-0.15, -0.1) is 0 Å². The summed E-state index contributed by atoms with van der Waals surface area (Å²) in [5, 5.41) is 7.32. The lowest BCUT2D eigenvalue weighted by molar-refractivity contribution is -0.0691.